The van der Waals surface area contributed by atoms with Crippen LogP contribution in [0.25, 0.3) is 43.4 Å². The van der Waals surface area contributed by atoms with Crippen molar-refractivity contribution in [2.45, 2.75) is 70.6 Å². The lowest BCUT2D eigenvalue weighted by molar-refractivity contribution is -0.385. The minimum Gasteiger partial charge on any atom is -0.217 e. The summed E-state index contributed by atoms with van der Waals surface area (Å²) in [4.78, 5) is -2.84. The van der Waals surface area contributed by atoms with Crippen molar-refractivity contribution in [1.82, 2.24) is 0 Å². The van der Waals surface area contributed by atoms with E-state index in [-0.39, 0.29) is 33.4 Å². The van der Waals surface area contributed by atoms with Crippen LogP contribution in [0.5, 0.6) is 0 Å². The molecule has 0 saturated carbocycles. The van der Waals surface area contributed by atoms with Crippen LogP contribution in [0.15, 0.2) is 95.9 Å². The standard InChI is InChI=1S/C39H19F19O2S/c40-31(41)33(44,45)35(48,49)34(46,47)32(42,43)30(22-14-20-10-8-17-5-3-6-18-9-11-21(15-22)28(20)27(17)18)29-25-16-19-4-1-2-7-23(19)24(25)12-13-26(29)61(59,60)39(57,58)37(52,53)36(50,51)38(54,55)56/h1-15,30-31H,16H2. The molecule has 6 aromatic rings. The Morgan fingerprint density at radius 1 is 0.492 bits per heavy atom. The van der Waals surface area contributed by atoms with E-state index in [0.29, 0.717) is 34.4 Å². The summed E-state index contributed by atoms with van der Waals surface area (Å²) in [5, 5.41) is -7.15. The molecule has 0 saturated heterocycles. The molecule has 61 heavy (non-hydrogen) atoms. The van der Waals surface area contributed by atoms with E-state index in [1.54, 1.807) is 6.07 Å². The second-order valence-electron chi connectivity index (χ2n) is 14.2. The molecule has 0 aliphatic heterocycles. The quantitative estimate of drug-likeness (QED) is 0.0957. The molecular weight excluding hydrogens is 893 g/mol. The van der Waals surface area contributed by atoms with Gasteiger partial charge in [-0.15, -0.1) is 0 Å². The first kappa shape index (κ1) is 44.0. The second kappa shape index (κ2) is 13.2. The molecule has 1 aliphatic carbocycles. The Bertz CT molecular complexity index is 2770. The van der Waals surface area contributed by atoms with Gasteiger partial charge in [0.15, 0.2) is 0 Å². The minimum atomic E-state index is -8.10. The fourth-order valence-electron chi connectivity index (χ4n) is 7.67. The van der Waals surface area contributed by atoms with E-state index >= 15 is 35.1 Å². The van der Waals surface area contributed by atoms with Crippen molar-refractivity contribution >= 4 is 42.2 Å². The third-order valence-electron chi connectivity index (χ3n) is 10.7. The smallest absolute Gasteiger partial charge is 0.217 e. The Labute approximate surface area is 328 Å². The van der Waals surface area contributed by atoms with E-state index in [1.165, 1.54) is 36.4 Å². The number of rotatable bonds is 11. The molecule has 1 unspecified atom stereocenters. The average molecular weight is 913 g/mol. The molecule has 0 amide bonds. The van der Waals surface area contributed by atoms with Gasteiger partial charge in [0.1, 0.15) is 0 Å². The number of halogens is 19. The van der Waals surface area contributed by atoms with E-state index in [2.05, 4.69) is 0 Å². The summed E-state index contributed by atoms with van der Waals surface area (Å²) in [6.45, 7) is 0. The van der Waals surface area contributed by atoms with Crippen LogP contribution in [0.2, 0.25) is 0 Å². The van der Waals surface area contributed by atoms with E-state index < -0.39 is 103 Å². The predicted molar refractivity (Wildman–Crippen MR) is 181 cm³/mol. The van der Waals surface area contributed by atoms with E-state index in [0.717, 1.165) is 24.3 Å². The molecule has 22 heteroatoms. The fraction of sp³-hybridized carbons (Fsp3) is 0.282. The molecule has 0 heterocycles. The normalized spacial score (nSPS) is 15.6. The first-order valence-corrected chi connectivity index (χ1v) is 18.4. The van der Waals surface area contributed by atoms with Gasteiger partial charge in [-0.2, -0.15) is 74.6 Å². The van der Waals surface area contributed by atoms with Crippen molar-refractivity contribution in [3.05, 3.63) is 113 Å². The van der Waals surface area contributed by atoms with Gasteiger partial charge in [-0.3, -0.25) is 0 Å². The molecule has 0 aromatic heterocycles. The van der Waals surface area contributed by atoms with Crippen molar-refractivity contribution in [3.63, 3.8) is 0 Å². The molecule has 0 bridgehead atoms. The van der Waals surface area contributed by atoms with Crippen LogP contribution < -0.4 is 0 Å². The van der Waals surface area contributed by atoms with E-state index in [4.69, 9.17) is 0 Å². The van der Waals surface area contributed by atoms with Crippen molar-refractivity contribution < 1.29 is 91.8 Å². The zero-order chi connectivity index (χ0) is 45.5. The number of alkyl halides is 19. The molecule has 1 atom stereocenters. The monoisotopic (exact) mass is 912 g/mol. The summed E-state index contributed by atoms with van der Waals surface area (Å²) in [7, 11) is -8.10. The summed E-state index contributed by atoms with van der Waals surface area (Å²) in [6, 6.07) is 14.8. The molecule has 0 spiro atoms. The van der Waals surface area contributed by atoms with Crippen molar-refractivity contribution in [2.75, 3.05) is 0 Å². The van der Waals surface area contributed by atoms with Crippen LogP contribution >= 0.6 is 0 Å². The first-order chi connectivity index (χ1) is 27.8. The van der Waals surface area contributed by atoms with Crippen molar-refractivity contribution in [1.29, 1.82) is 0 Å². The lowest BCUT2D eigenvalue weighted by Crippen LogP contribution is -2.65. The van der Waals surface area contributed by atoms with Gasteiger partial charge in [0.25, 0.3) is 0 Å². The molecule has 2 nitrogen and oxygen atoms in total. The largest absolute Gasteiger partial charge is 0.460 e. The molecule has 326 valence electrons. The molecule has 0 fully saturated rings. The highest BCUT2D eigenvalue weighted by Crippen LogP contribution is 2.63. The SMILES string of the molecule is O=S(=O)(c1ccc2c(c1C(c1cc3ccc4cccc5ccc(c1)c3c45)C(F)(F)C(F)(F)C(F)(F)C(F)(F)C(F)F)Cc1ccccc1-2)C(F)(F)C(F)(F)C(F)(F)C(F)(F)F. The van der Waals surface area contributed by atoms with E-state index in [1.807, 2.05) is 0 Å². The second-order valence-corrected chi connectivity index (χ2v) is 16.1. The first-order valence-electron chi connectivity index (χ1n) is 17.0. The highest BCUT2D eigenvalue weighted by molar-refractivity contribution is 7.92. The molecule has 0 radical (unpaired) electrons. The molecular formula is C39H19F19O2S. The van der Waals surface area contributed by atoms with Crippen LogP contribution in [0, 0.1) is 0 Å². The van der Waals surface area contributed by atoms with Gasteiger partial charge in [0, 0.05) is 0 Å². The third kappa shape index (κ3) is 5.74. The summed E-state index contributed by atoms with van der Waals surface area (Å²) < 4.78 is 307. The van der Waals surface area contributed by atoms with E-state index in [9.17, 15) is 56.7 Å². The Kier molecular flexibility index (Phi) is 9.56. The van der Waals surface area contributed by atoms with Gasteiger partial charge in [-0.25, -0.2) is 17.2 Å². The average Bonchev–Trinajstić information content (AvgIpc) is 3.55. The summed E-state index contributed by atoms with van der Waals surface area (Å²) in [5.74, 6) is -50.5. The Balaban J connectivity index is 1.64. The highest BCUT2D eigenvalue weighted by atomic mass is 32.2. The number of fused-ring (bicyclic) bond motifs is 3. The fourth-order valence-corrected chi connectivity index (χ4v) is 9.19. The van der Waals surface area contributed by atoms with Crippen LogP contribution in [-0.2, 0) is 16.3 Å². The molecule has 1 aliphatic rings. The molecule has 0 N–H and O–H groups in total. The highest BCUT2D eigenvalue weighted by Gasteiger charge is 2.87. The number of sulfone groups is 1. The van der Waals surface area contributed by atoms with Crippen LogP contribution in [0.1, 0.15) is 28.2 Å². The minimum absolute atomic E-state index is 0.0711. The van der Waals surface area contributed by atoms with Gasteiger partial charge in [-0.1, -0.05) is 84.9 Å². The maximum Gasteiger partial charge on any atom is 0.460 e. The van der Waals surface area contributed by atoms with Gasteiger partial charge >= 0.3 is 53.4 Å². The van der Waals surface area contributed by atoms with Crippen molar-refractivity contribution in [3.8, 4) is 11.1 Å². The van der Waals surface area contributed by atoms with Gasteiger partial charge in [-0.05, 0) is 78.2 Å². The lowest BCUT2D eigenvalue weighted by Gasteiger charge is -2.41. The van der Waals surface area contributed by atoms with Crippen LogP contribution in [0.4, 0.5) is 83.4 Å². The zero-order valence-electron chi connectivity index (χ0n) is 29.4. The maximum atomic E-state index is 17.0. The van der Waals surface area contributed by atoms with Gasteiger partial charge in [0.05, 0.1) is 10.8 Å². The predicted octanol–water partition coefficient (Wildman–Crippen LogP) is 13.3. The number of hydrogen-bond acceptors (Lipinski definition) is 2. The Morgan fingerprint density at radius 2 is 0.984 bits per heavy atom. The number of benzene rings is 6. The topological polar surface area (TPSA) is 34.1 Å². The Hall–Kier alpha value is -5.02. The summed E-state index contributed by atoms with van der Waals surface area (Å²) >= 11 is 0. The molecule has 7 rings (SSSR count). The maximum absolute atomic E-state index is 17.0. The van der Waals surface area contributed by atoms with Crippen LogP contribution in [-0.4, -0.2) is 61.8 Å². The van der Waals surface area contributed by atoms with Crippen molar-refractivity contribution in [2.24, 2.45) is 0 Å². The third-order valence-corrected chi connectivity index (χ3v) is 12.6. The Morgan fingerprint density at radius 3 is 1.51 bits per heavy atom. The zero-order valence-corrected chi connectivity index (χ0v) is 30.2. The molecule has 6 aromatic carbocycles. The summed E-state index contributed by atoms with van der Waals surface area (Å²) in [5.41, 5.74) is -6.13. The van der Waals surface area contributed by atoms with Gasteiger partial charge < -0.3 is 0 Å². The van der Waals surface area contributed by atoms with Gasteiger partial charge in [0.2, 0.25) is 9.84 Å². The lowest BCUT2D eigenvalue weighted by atomic mass is 9.77. The number of hydrogen-bond donors (Lipinski definition) is 0. The van der Waals surface area contributed by atoms with Crippen LogP contribution in [0.3, 0.4) is 0 Å². The summed E-state index contributed by atoms with van der Waals surface area (Å²) in [6.07, 6.45) is -14.6.